The number of halogens is 1. The van der Waals surface area contributed by atoms with Crippen molar-refractivity contribution in [3.63, 3.8) is 0 Å². The highest BCUT2D eigenvalue weighted by Crippen LogP contribution is 2.34. The van der Waals surface area contributed by atoms with Crippen LogP contribution in [0.3, 0.4) is 0 Å². The van der Waals surface area contributed by atoms with Gasteiger partial charge in [-0.3, -0.25) is 4.98 Å². The van der Waals surface area contributed by atoms with Crippen LogP contribution < -0.4 is 5.32 Å². The van der Waals surface area contributed by atoms with Gasteiger partial charge in [-0.2, -0.15) is 0 Å². The van der Waals surface area contributed by atoms with E-state index in [2.05, 4.69) is 38.4 Å². The van der Waals surface area contributed by atoms with Gasteiger partial charge < -0.3 is 5.32 Å². The van der Waals surface area contributed by atoms with Crippen LogP contribution >= 0.6 is 15.9 Å². The highest BCUT2D eigenvalue weighted by molar-refractivity contribution is 9.10. The molecule has 3 heterocycles. The molecular formula is C13H15BrN2. The van der Waals surface area contributed by atoms with Crippen molar-refractivity contribution in [1.29, 1.82) is 0 Å². The fourth-order valence-electron chi connectivity index (χ4n) is 2.79. The van der Waals surface area contributed by atoms with Crippen LogP contribution in [0.4, 0.5) is 0 Å². The molecule has 2 aliphatic rings. The van der Waals surface area contributed by atoms with Crippen molar-refractivity contribution >= 4 is 22.0 Å². The summed E-state index contributed by atoms with van der Waals surface area (Å²) in [6.07, 6.45) is 10.3. The van der Waals surface area contributed by atoms with Crippen molar-refractivity contribution < 1.29 is 0 Å². The minimum absolute atomic E-state index is 0.712. The maximum absolute atomic E-state index is 4.35. The molecule has 2 nitrogen and oxygen atoms in total. The first-order valence-electron chi connectivity index (χ1n) is 5.87. The summed E-state index contributed by atoms with van der Waals surface area (Å²) in [6.45, 7) is 0. The Labute approximate surface area is 104 Å². The summed E-state index contributed by atoms with van der Waals surface area (Å²) in [4.78, 5) is 4.35. The third-order valence-corrected chi connectivity index (χ3v) is 4.08. The molecule has 3 heteroatoms. The first-order chi connectivity index (χ1) is 7.81. The summed E-state index contributed by atoms with van der Waals surface area (Å²) in [5.74, 6) is 0.712. The summed E-state index contributed by atoms with van der Waals surface area (Å²) in [6, 6.07) is 5.57. The number of nitrogens with zero attached hydrogens (tertiary/aromatic N) is 1. The van der Waals surface area contributed by atoms with Crippen LogP contribution in [0.1, 0.15) is 25.0 Å². The number of aromatic nitrogens is 1. The van der Waals surface area contributed by atoms with Crippen LogP contribution in [0.2, 0.25) is 0 Å². The summed E-state index contributed by atoms with van der Waals surface area (Å²) in [5, 5.41) is 3.64. The smallest absolute Gasteiger partial charge is 0.0627 e. The molecule has 0 spiro atoms. The first kappa shape index (κ1) is 10.5. The summed E-state index contributed by atoms with van der Waals surface area (Å²) in [5.41, 5.74) is 1.05. The van der Waals surface area contributed by atoms with Crippen molar-refractivity contribution in [3.05, 3.63) is 34.6 Å². The van der Waals surface area contributed by atoms with Gasteiger partial charge >= 0.3 is 0 Å². The standard InChI is InChI=1S/C13H15BrN2/c14-10-2-4-11(15-8-10)3-1-9-7-12-5-6-13(9)16-12/h1-4,8-9,12-13,16H,5-7H2. The first-order valence-corrected chi connectivity index (χ1v) is 6.66. The van der Waals surface area contributed by atoms with Crippen LogP contribution in [-0.2, 0) is 0 Å². The Balaban J connectivity index is 1.68. The maximum atomic E-state index is 4.35. The molecule has 1 N–H and O–H groups in total. The van der Waals surface area contributed by atoms with E-state index in [-0.39, 0.29) is 0 Å². The fourth-order valence-corrected chi connectivity index (χ4v) is 3.02. The topological polar surface area (TPSA) is 24.9 Å². The zero-order chi connectivity index (χ0) is 11.0. The van der Waals surface area contributed by atoms with E-state index in [1.165, 1.54) is 19.3 Å². The molecule has 3 unspecified atom stereocenters. The number of nitrogens with one attached hydrogen (secondary N) is 1. The van der Waals surface area contributed by atoms with E-state index in [0.717, 1.165) is 22.3 Å². The predicted octanol–water partition coefficient (Wildman–Crippen LogP) is 3.00. The molecular weight excluding hydrogens is 264 g/mol. The van der Waals surface area contributed by atoms with Gasteiger partial charge in [0.05, 0.1) is 5.69 Å². The Hall–Kier alpha value is -0.670. The molecule has 1 aromatic rings. The van der Waals surface area contributed by atoms with E-state index in [1.807, 2.05) is 18.3 Å². The van der Waals surface area contributed by atoms with Crippen molar-refractivity contribution in [1.82, 2.24) is 10.3 Å². The van der Waals surface area contributed by atoms with Gasteiger partial charge in [0, 0.05) is 22.8 Å². The lowest BCUT2D eigenvalue weighted by molar-refractivity contribution is 0.481. The van der Waals surface area contributed by atoms with Gasteiger partial charge in [0.2, 0.25) is 0 Å². The van der Waals surface area contributed by atoms with E-state index in [0.29, 0.717) is 5.92 Å². The molecule has 2 aliphatic heterocycles. The number of pyridine rings is 1. The van der Waals surface area contributed by atoms with Crippen LogP contribution in [0.15, 0.2) is 28.9 Å². The van der Waals surface area contributed by atoms with Crippen molar-refractivity contribution in [3.8, 4) is 0 Å². The Kier molecular flexibility index (Phi) is 2.82. The lowest BCUT2D eigenvalue weighted by Crippen LogP contribution is -2.21. The van der Waals surface area contributed by atoms with E-state index in [9.17, 15) is 0 Å². The molecule has 0 aromatic carbocycles. The monoisotopic (exact) mass is 278 g/mol. The zero-order valence-electron chi connectivity index (χ0n) is 9.07. The minimum atomic E-state index is 0.712. The van der Waals surface area contributed by atoms with E-state index in [1.54, 1.807) is 0 Å². The molecule has 0 radical (unpaired) electrons. The van der Waals surface area contributed by atoms with E-state index < -0.39 is 0 Å². The third-order valence-electron chi connectivity index (χ3n) is 3.61. The maximum Gasteiger partial charge on any atom is 0.0627 e. The normalized spacial score (nSPS) is 32.7. The zero-order valence-corrected chi connectivity index (χ0v) is 10.7. The summed E-state index contributed by atoms with van der Waals surface area (Å²) in [7, 11) is 0. The number of rotatable bonds is 2. The fraction of sp³-hybridized carbons (Fsp3) is 0.462. The van der Waals surface area contributed by atoms with Gasteiger partial charge in [0.15, 0.2) is 0 Å². The Bertz CT molecular complexity index is 399. The Morgan fingerprint density at radius 3 is 2.94 bits per heavy atom. The average Bonchev–Trinajstić information content (AvgIpc) is 2.90. The lowest BCUT2D eigenvalue weighted by atomic mass is 9.89. The van der Waals surface area contributed by atoms with E-state index >= 15 is 0 Å². The second-order valence-corrected chi connectivity index (χ2v) is 5.62. The molecule has 0 saturated carbocycles. The molecule has 2 fully saturated rings. The highest BCUT2D eigenvalue weighted by atomic mass is 79.9. The molecule has 1 aromatic heterocycles. The summed E-state index contributed by atoms with van der Waals surface area (Å²) < 4.78 is 1.03. The highest BCUT2D eigenvalue weighted by Gasteiger charge is 2.37. The number of fused-ring (bicyclic) bond motifs is 2. The molecule has 2 saturated heterocycles. The average molecular weight is 279 g/mol. The number of hydrogen-bond donors (Lipinski definition) is 1. The van der Waals surface area contributed by atoms with Crippen LogP contribution in [0.25, 0.3) is 6.08 Å². The van der Waals surface area contributed by atoms with Crippen LogP contribution in [0, 0.1) is 5.92 Å². The Morgan fingerprint density at radius 2 is 2.31 bits per heavy atom. The van der Waals surface area contributed by atoms with Crippen molar-refractivity contribution in [2.24, 2.45) is 5.92 Å². The minimum Gasteiger partial charge on any atom is -0.311 e. The largest absolute Gasteiger partial charge is 0.311 e. The summed E-state index contributed by atoms with van der Waals surface area (Å²) >= 11 is 3.39. The second-order valence-electron chi connectivity index (χ2n) is 4.71. The third kappa shape index (κ3) is 2.06. The van der Waals surface area contributed by atoms with Gasteiger partial charge in [-0.25, -0.2) is 0 Å². The molecule has 3 atom stereocenters. The Morgan fingerprint density at radius 1 is 1.38 bits per heavy atom. The molecule has 84 valence electrons. The van der Waals surface area contributed by atoms with Gasteiger partial charge in [0.25, 0.3) is 0 Å². The van der Waals surface area contributed by atoms with E-state index in [4.69, 9.17) is 0 Å². The van der Waals surface area contributed by atoms with Crippen molar-refractivity contribution in [2.75, 3.05) is 0 Å². The van der Waals surface area contributed by atoms with Gasteiger partial charge in [-0.05, 0) is 59.3 Å². The van der Waals surface area contributed by atoms with Gasteiger partial charge in [0.1, 0.15) is 0 Å². The van der Waals surface area contributed by atoms with Crippen LogP contribution in [0.5, 0.6) is 0 Å². The van der Waals surface area contributed by atoms with Gasteiger partial charge in [-0.1, -0.05) is 6.08 Å². The molecule has 0 aliphatic carbocycles. The van der Waals surface area contributed by atoms with Crippen LogP contribution in [-0.4, -0.2) is 17.1 Å². The molecule has 2 bridgehead atoms. The molecule has 16 heavy (non-hydrogen) atoms. The SMILES string of the molecule is Brc1ccc(C=CC2CC3CCC2N3)nc1. The number of hydrogen-bond acceptors (Lipinski definition) is 2. The molecule has 3 rings (SSSR count). The predicted molar refractivity (Wildman–Crippen MR) is 69.0 cm³/mol. The van der Waals surface area contributed by atoms with Gasteiger partial charge in [-0.15, -0.1) is 0 Å². The quantitative estimate of drug-likeness (QED) is 0.900. The van der Waals surface area contributed by atoms with Crippen molar-refractivity contribution in [2.45, 2.75) is 31.3 Å². The second kappa shape index (κ2) is 4.30. The lowest BCUT2D eigenvalue weighted by Gasteiger charge is -2.15. The molecule has 0 amide bonds.